The van der Waals surface area contributed by atoms with Gasteiger partial charge in [0.2, 0.25) is 5.91 Å². The molecule has 6 nitrogen and oxygen atoms in total. The maximum atomic E-state index is 12.5. The number of para-hydroxylation sites is 1. The number of fused-ring (bicyclic) bond motifs is 1. The van der Waals surface area contributed by atoms with Crippen LogP contribution in [0.2, 0.25) is 0 Å². The van der Waals surface area contributed by atoms with Crippen LogP contribution in [0.25, 0.3) is 10.9 Å². The number of nitrogens with zero attached hydrogens (tertiary/aromatic N) is 2. The highest BCUT2D eigenvalue weighted by Gasteiger charge is 2.37. The minimum atomic E-state index is -0.732. The standard InChI is InChI=1S/C21H27N3O3/c25-20(14-23-10-9-16-3-1-2-4-19(16)23)22-12-18-8-7-17(11-21(26)27)24(18)13-15-5-6-15/h1-4,9-10,15,17-18H,5-8,11-14H2,(H,22,25)(H,26,27)/t17-,18+/m1/s1. The summed E-state index contributed by atoms with van der Waals surface area (Å²) >= 11 is 0. The Kier molecular flexibility index (Phi) is 5.16. The summed E-state index contributed by atoms with van der Waals surface area (Å²) in [5.41, 5.74) is 1.06. The van der Waals surface area contributed by atoms with E-state index in [-0.39, 0.29) is 24.4 Å². The van der Waals surface area contributed by atoms with Crippen molar-refractivity contribution in [1.82, 2.24) is 14.8 Å². The molecule has 0 bridgehead atoms. The Bertz CT molecular complexity index is 827. The van der Waals surface area contributed by atoms with Crippen molar-refractivity contribution in [3.8, 4) is 0 Å². The molecule has 1 aliphatic heterocycles. The van der Waals surface area contributed by atoms with Gasteiger partial charge in [0.05, 0.1) is 6.42 Å². The van der Waals surface area contributed by atoms with Crippen LogP contribution in [-0.4, -0.2) is 51.6 Å². The molecule has 0 radical (unpaired) electrons. The largest absolute Gasteiger partial charge is 0.481 e. The van der Waals surface area contributed by atoms with Crippen LogP contribution in [0.15, 0.2) is 36.5 Å². The van der Waals surface area contributed by atoms with Gasteiger partial charge in [0.15, 0.2) is 0 Å². The summed E-state index contributed by atoms with van der Waals surface area (Å²) in [6, 6.07) is 10.4. The molecule has 6 heteroatoms. The number of likely N-dealkylation sites (tertiary alicyclic amines) is 1. The van der Waals surface area contributed by atoms with Gasteiger partial charge in [-0.25, -0.2) is 0 Å². The van der Waals surface area contributed by atoms with E-state index in [1.165, 1.54) is 12.8 Å². The Morgan fingerprint density at radius 3 is 2.63 bits per heavy atom. The lowest BCUT2D eigenvalue weighted by Gasteiger charge is -2.29. The zero-order valence-corrected chi connectivity index (χ0v) is 15.5. The van der Waals surface area contributed by atoms with E-state index >= 15 is 0 Å². The van der Waals surface area contributed by atoms with Gasteiger partial charge in [-0.2, -0.15) is 0 Å². The molecule has 1 aliphatic carbocycles. The van der Waals surface area contributed by atoms with Crippen molar-refractivity contribution in [2.75, 3.05) is 13.1 Å². The van der Waals surface area contributed by atoms with Gasteiger partial charge in [-0.3, -0.25) is 14.5 Å². The molecule has 0 spiro atoms. The van der Waals surface area contributed by atoms with Crippen LogP contribution in [0.3, 0.4) is 0 Å². The molecule has 1 amide bonds. The topological polar surface area (TPSA) is 74.6 Å². The first-order chi connectivity index (χ1) is 13.1. The number of carboxylic acid groups (broad SMARTS) is 1. The molecule has 2 aromatic rings. The summed E-state index contributed by atoms with van der Waals surface area (Å²) in [6.45, 7) is 1.88. The van der Waals surface area contributed by atoms with E-state index in [2.05, 4.69) is 10.2 Å². The number of rotatable bonds is 8. The molecule has 1 aromatic carbocycles. The maximum Gasteiger partial charge on any atom is 0.304 e. The molecule has 2 heterocycles. The number of benzene rings is 1. The summed E-state index contributed by atoms with van der Waals surface area (Å²) in [7, 11) is 0. The first-order valence-corrected chi connectivity index (χ1v) is 9.88. The molecule has 1 saturated heterocycles. The SMILES string of the molecule is O=C(O)C[C@H]1CC[C@@H](CNC(=O)Cn2ccc3ccccc32)N1CC1CC1. The number of nitrogens with one attached hydrogen (secondary N) is 1. The van der Waals surface area contributed by atoms with E-state index in [9.17, 15) is 14.7 Å². The number of carbonyl (C=O) groups is 2. The van der Waals surface area contributed by atoms with Crippen LogP contribution in [0.4, 0.5) is 0 Å². The second-order valence-corrected chi connectivity index (χ2v) is 7.93. The number of aromatic nitrogens is 1. The van der Waals surface area contributed by atoms with Crippen molar-refractivity contribution in [2.45, 2.75) is 50.7 Å². The third-order valence-corrected chi connectivity index (χ3v) is 5.88. The average Bonchev–Trinajstić information content (AvgIpc) is 3.27. The Morgan fingerprint density at radius 2 is 1.85 bits per heavy atom. The molecule has 2 atom stereocenters. The van der Waals surface area contributed by atoms with Gasteiger partial charge in [0.25, 0.3) is 0 Å². The number of carboxylic acids is 1. The van der Waals surface area contributed by atoms with E-state index < -0.39 is 5.97 Å². The van der Waals surface area contributed by atoms with Gasteiger partial charge in [0.1, 0.15) is 6.54 Å². The van der Waals surface area contributed by atoms with Crippen LogP contribution in [0, 0.1) is 5.92 Å². The average molecular weight is 369 g/mol. The Labute approximate surface area is 159 Å². The zero-order chi connectivity index (χ0) is 18.8. The summed E-state index contributed by atoms with van der Waals surface area (Å²) in [5.74, 6) is -0.0155. The number of hydrogen-bond donors (Lipinski definition) is 2. The molecule has 4 rings (SSSR count). The van der Waals surface area contributed by atoms with Crippen molar-refractivity contribution in [3.05, 3.63) is 36.5 Å². The second kappa shape index (κ2) is 7.72. The molecular formula is C21H27N3O3. The molecule has 2 aliphatic rings. The summed E-state index contributed by atoms with van der Waals surface area (Å²) in [4.78, 5) is 26.0. The van der Waals surface area contributed by atoms with Crippen LogP contribution >= 0.6 is 0 Å². The predicted molar refractivity (Wildman–Crippen MR) is 103 cm³/mol. The van der Waals surface area contributed by atoms with Gasteiger partial charge in [-0.15, -0.1) is 0 Å². The highest BCUT2D eigenvalue weighted by molar-refractivity contribution is 5.83. The predicted octanol–water partition coefficient (Wildman–Crippen LogP) is 2.48. The Balaban J connectivity index is 1.34. The monoisotopic (exact) mass is 369 g/mol. The van der Waals surface area contributed by atoms with Gasteiger partial charge in [-0.1, -0.05) is 18.2 Å². The van der Waals surface area contributed by atoms with Gasteiger partial charge >= 0.3 is 5.97 Å². The fourth-order valence-corrected chi connectivity index (χ4v) is 4.27. The molecule has 0 unspecified atom stereocenters. The number of hydrogen-bond acceptors (Lipinski definition) is 3. The summed E-state index contributed by atoms with van der Waals surface area (Å²) in [5, 5.41) is 13.4. The molecule has 27 heavy (non-hydrogen) atoms. The van der Waals surface area contributed by atoms with Crippen molar-refractivity contribution in [1.29, 1.82) is 0 Å². The molecule has 1 aromatic heterocycles. The molecule has 1 saturated carbocycles. The lowest BCUT2D eigenvalue weighted by atomic mass is 10.1. The van der Waals surface area contributed by atoms with E-state index in [1.807, 2.05) is 41.1 Å². The Morgan fingerprint density at radius 1 is 1.07 bits per heavy atom. The van der Waals surface area contributed by atoms with E-state index in [0.717, 1.165) is 30.3 Å². The zero-order valence-electron chi connectivity index (χ0n) is 15.5. The summed E-state index contributed by atoms with van der Waals surface area (Å²) < 4.78 is 1.97. The Hall–Kier alpha value is -2.34. The lowest BCUT2D eigenvalue weighted by molar-refractivity contribution is -0.138. The number of aliphatic carboxylic acids is 1. The number of carbonyl (C=O) groups excluding carboxylic acids is 1. The normalized spacial score (nSPS) is 23.0. The first-order valence-electron chi connectivity index (χ1n) is 9.88. The van der Waals surface area contributed by atoms with Gasteiger partial charge in [0, 0.05) is 36.9 Å². The third kappa shape index (κ3) is 4.33. The van der Waals surface area contributed by atoms with Gasteiger partial charge in [-0.05, 0) is 49.1 Å². The van der Waals surface area contributed by atoms with Crippen LogP contribution in [0.1, 0.15) is 32.1 Å². The van der Waals surface area contributed by atoms with Crippen LogP contribution in [-0.2, 0) is 16.1 Å². The fourth-order valence-electron chi connectivity index (χ4n) is 4.27. The van der Waals surface area contributed by atoms with Crippen LogP contribution in [0.5, 0.6) is 0 Å². The molecule has 2 fully saturated rings. The van der Waals surface area contributed by atoms with Gasteiger partial charge < -0.3 is 15.0 Å². The quantitative estimate of drug-likeness (QED) is 0.750. The van der Waals surface area contributed by atoms with Crippen molar-refractivity contribution in [2.24, 2.45) is 5.92 Å². The van der Waals surface area contributed by atoms with E-state index in [1.54, 1.807) is 0 Å². The maximum absolute atomic E-state index is 12.5. The van der Waals surface area contributed by atoms with Crippen LogP contribution < -0.4 is 5.32 Å². The molecule has 2 N–H and O–H groups in total. The second-order valence-electron chi connectivity index (χ2n) is 7.93. The van der Waals surface area contributed by atoms with Crippen molar-refractivity contribution >= 4 is 22.8 Å². The first kappa shape index (κ1) is 18.0. The lowest BCUT2D eigenvalue weighted by Crippen LogP contribution is -2.45. The summed E-state index contributed by atoms with van der Waals surface area (Å²) in [6.07, 6.45) is 6.50. The molecular weight excluding hydrogens is 342 g/mol. The van der Waals surface area contributed by atoms with Crippen molar-refractivity contribution < 1.29 is 14.7 Å². The van der Waals surface area contributed by atoms with Crippen molar-refractivity contribution in [3.63, 3.8) is 0 Å². The minimum absolute atomic E-state index is 0.00408. The van der Waals surface area contributed by atoms with E-state index in [0.29, 0.717) is 19.0 Å². The number of amides is 1. The highest BCUT2D eigenvalue weighted by Crippen LogP contribution is 2.35. The van der Waals surface area contributed by atoms with E-state index in [4.69, 9.17) is 0 Å². The minimum Gasteiger partial charge on any atom is -0.481 e. The third-order valence-electron chi connectivity index (χ3n) is 5.88. The fraction of sp³-hybridized carbons (Fsp3) is 0.524. The highest BCUT2D eigenvalue weighted by atomic mass is 16.4. The smallest absolute Gasteiger partial charge is 0.304 e. The molecule has 144 valence electrons.